The molecule has 3 atom stereocenters. The van der Waals surface area contributed by atoms with Gasteiger partial charge in [-0.3, -0.25) is 14.5 Å². The lowest BCUT2D eigenvalue weighted by Crippen LogP contribution is -2.43. The maximum absolute atomic E-state index is 12.5. The summed E-state index contributed by atoms with van der Waals surface area (Å²) in [4.78, 5) is 26.7. The number of hydrogen-bond donors (Lipinski definition) is 0. The van der Waals surface area contributed by atoms with E-state index in [4.69, 9.17) is 4.74 Å². The summed E-state index contributed by atoms with van der Waals surface area (Å²) < 4.78 is 28.3. The Kier molecular flexibility index (Phi) is 5.59. The van der Waals surface area contributed by atoms with Crippen molar-refractivity contribution in [3.63, 3.8) is 0 Å². The lowest BCUT2D eigenvalue weighted by molar-refractivity contribution is -0.157. The Balaban J connectivity index is 1.47. The summed E-state index contributed by atoms with van der Waals surface area (Å²) in [5, 5.41) is 0. The Morgan fingerprint density at radius 1 is 1.12 bits per heavy atom. The first-order valence-electron chi connectivity index (χ1n) is 9.08. The zero-order chi connectivity index (χ0) is 17.2. The van der Waals surface area contributed by atoms with Crippen LogP contribution in [0.5, 0.6) is 0 Å². The molecule has 6 nitrogen and oxygen atoms in total. The number of Topliss-reactive ketones (excluding diaryl/α,β-unsaturated/α-hetero) is 1. The number of rotatable bonds is 4. The average Bonchev–Trinajstić information content (AvgIpc) is 2.56. The van der Waals surface area contributed by atoms with Gasteiger partial charge in [0.2, 0.25) is 0 Å². The Morgan fingerprint density at radius 3 is 2.58 bits per heavy atom. The number of esters is 1. The molecule has 0 aromatic rings. The fraction of sp³-hybridized carbons (Fsp3) is 0.882. The smallest absolute Gasteiger partial charge is 0.309 e. The molecular weight excluding hydrogens is 330 g/mol. The second-order valence-corrected chi connectivity index (χ2v) is 9.65. The third kappa shape index (κ3) is 4.17. The van der Waals surface area contributed by atoms with Gasteiger partial charge >= 0.3 is 5.97 Å². The number of nitrogens with zero attached hydrogens (tertiary/aromatic N) is 1. The van der Waals surface area contributed by atoms with Gasteiger partial charge in [0, 0.05) is 32.0 Å². The highest BCUT2D eigenvalue weighted by molar-refractivity contribution is 7.91. The molecule has 0 spiro atoms. The molecular formula is C17H27NO5S. The van der Waals surface area contributed by atoms with Crippen LogP contribution in [-0.4, -0.2) is 62.8 Å². The normalized spacial score (nSPS) is 33.7. The molecule has 0 aromatic carbocycles. The van der Waals surface area contributed by atoms with Crippen LogP contribution in [0.3, 0.4) is 0 Å². The number of fused-ring (bicyclic) bond motifs is 1. The van der Waals surface area contributed by atoms with Gasteiger partial charge in [0.25, 0.3) is 0 Å². The second-order valence-electron chi connectivity index (χ2n) is 7.34. The van der Waals surface area contributed by atoms with E-state index in [9.17, 15) is 18.0 Å². The zero-order valence-electron chi connectivity index (χ0n) is 14.1. The number of carbonyl (C=O) groups is 2. The van der Waals surface area contributed by atoms with Gasteiger partial charge in [-0.05, 0) is 31.6 Å². The minimum atomic E-state index is -2.88. The molecule has 7 heteroatoms. The number of hydrogen-bond acceptors (Lipinski definition) is 6. The number of sulfone groups is 1. The average molecular weight is 357 g/mol. The zero-order valence-corrected chi connectivity index (χ0v) is 14.9. The summed E-state index contributed by atoms with van der Waals surface area (Å²) in [5.74, 6) is 0.353. The summed E-state index contributed by atoms with van der Waals surface area (Å²) in [6.07, 6.45) is 5.43. The molecule has 1 heterocycles. The first-order valence-corrected chi connectivity index (χ1v) is 10.9. The van der Waals surface area contributed by atoms with Gasteiger partial charge in [0.05, 0.1) is 17.4 Å². The van der Waals surface area contributed by atoms with Crippen molar-refractivity contribution in [3.05, 3.63) is 0 Å². The summed E-state index contributed by atoms with van der Waals surface area (Å²) in [6, 6.07) is 0. The molecule has 3 aliphatic rings. The Morgan fingerprint density at radius 2 is 1.83 bits per heavy atom. The highest BCUT2D eigenvalue weighted by Gasteiger charge is 2.43. The lowest BCUT2D eigenvalue weighted by Gasteiger charge is -2.39. The van der Waals surface area contributed by atoms with Gasteiger partial charge in [-0.15, -0.1) is 0 Å². The van der Waals surface area contributed by atoms with Gasteiger partial charge < -0.3 is 4.74 Å². The van der Waals surface area contributed by atoms with Crippen molar-refractivity contribution in [2.24, 2.45) is 17.8 Å². The predicted molar refractivity (Wildman–Crippen MR) is 89.2 cm³/mol. The first-order chi connectivity index (χ1) is 11.5. The molecule has 0 amide bonds. The van der Waals surface area contributed by atoms with Crippen molar-refractivity contribution in [2.45, 2.75) is 38.5 Å². The number of carbonyl (C=O) groups excluding carboxylic acids is 2. The molecule has 0 radical (unpaired) electrons. The molecule has 2 saturated carbocycles. The van der Waals surface area contributed by atoms with E-state index in [1.165, 1.54) is 0 Å². The molecule has 3 unspecified atom stereocenters. The third-order valence-electron chi connectivity index (χ3n) is 5.79. The third-order valence-corrected chi connectivity index (χ3v) is 7.40. The molecule has 0 bridgehead atoms. The van der Waals surface area contributed by atoms with Crippen LogP contribution in [0.15, 0.2) is 0 Å². The fourth-order valence-electron chi connectivity index (χ4n) is 4.42. The van der Waals surface area contributed by atoms with Gasteiger partial charge in [-0.1, -0.05) is 6.42 Å². The summed E-state index contributed by atoms with van der Waals surface area (Å²) in [5.41, 5.74) is 0. The molecule has 136 valence electrons. The van der Waals surface area contributed by atoms with Crippen molar-refractivity contribution >= 4 is 21.6 Å². The summed E-state index contributed by atoms with van der Waals surface area (Å²) in [6.45, 7) is 1.86. The van der Waals surface area contributed by atoms with Crippen molar-refractivity contribution in [1.82, 2.24) is 4.90 Å². The summed E-state index contributed by atoms with van der Waals surface area (Å²) in [7, 11) is -2.88. The lowest BCUT2D eigenvalue weighted by atomic mass is 9.65. The predicted octanol–water partition coefficient (Wildman–Crippen LogP) is 1.05. The highest BCUT2D eigenvalue weighted by Crippen LogP contribution is 2.42. The van der Waals surface area contributed by atoms with Crippen LogP contribution in [-0.2, 0) is 24.2 Å². The van der Waals surface area contributed by atoms with Crippen LogP contribution in [0.25, 0.3) is 0 Å². The topological polar surface area (TPSA) is 80.8 Å². The van der Waals surface area contributed by atoms with Gasteiger partial charge in [-0.2, -0.15) is 0 Å². The standard InChI is InChI=1S/C17H27NO5S/c19-15-6-2-4-13-3-1-5-14(16(13)15)17(20)23-10-7-18-8-11-24(21,22)12-9-18/h13-14,16H,1-12H2. The van der Waals surface area contributed by atoms with Crippen LogP contribution >= 0.6 is 0 Å². The quantitative estimate of drug-likeness (QED) is 0.700. The minimum Gasteiger partial charge on any atom is -0.464 e. The molecule has 3 fully saturated rings. The maximum Gasteiger partial charge on any atom is 0.309 e. The second kappa shape index (κ2) is 7.52. The highest BCUT2D eigenvalue weighted by atomic mass is 32.2. The first kappa shape index (κ1) is 17.9. The van der Waals surface area contributed by atoms with Gasteiger partial charge in [-0.25, -0.2) is 8.42 Å². The van der Waals surface area contributed by atoms with Crippen LogP contribution in [0, 0.1) is 17.8 Å². The molecule has 3 rings (SSSR count). The van der Waals surface area contributed by atoms with Crippen molar-refractivity contribution in [3.8, 4) is 0 Å². The molecule has 24 heavy (non-hydrogen) atoms. The van der Waals surface area contributed by atoms with E-state index in [1.807, 2.05) is 4.90 Å². The SMILES string of the molecule is O=C(OCCN1CCS(=O)(=O)CC1)C1CCCC2CCCC(=O)C21. The minimum absolute atomic E-state index is 0.125. The summed E-state index contributed by atoms with van der Waals surface area (Å²) >= 11 is 0. The molecule has 2 aliphatic carbocycles. The van der Waals surface area contributed by atoms with E-state index in [2.05, 4.69) is 0 Å². The maximum atomic E-state index is 12.5. The van der Waals surface area contributed by atoms with Crippen molar-refractivity contribution < 1.29 is 22.7 Å². The molecule has 1 aliphatic heterocycles. The Labute approximate surface area is 143 Å². The van der Waals surface area contributed by atoms with Crippen molar-refractivity contribution in [1.29, 1.82) is 0 Å². The van der Waals surface area contributed by atoms with E-state index < -0.39 is 9.84 Å². The Bertz CT molecular complexity index is 572. The largest absolute Gasteiger partial charge is 0.464 e. The van der Waals surface area contributed by atoms with E-state index in [0.717, 1.165) is 32.1 Å². The fourth-order valence-corrected chi connectivity index (χ4v) is 5.70. The molecule has 0 N–H and O–H groups in total. The molecule has 0 aromatic heterocycles. The monoisotopic (exact) mass is 357 g/mol. The van der Waals surface area contributed by atoms with Crippen LogP contribution in [0.4, 0.5) is 0 Å². The van der Waals surface area contributed by atoms with E-state index in [1.54, 1.807) is 0 Å². The number of ketones is 1. The van der Waals surface area contributed by atoms with Crippen molar-refractivity contribution in [2.75, 3.05) is 37.7 Å². The van der Waals surface area contributed by atoms with E-state index in [0.29, 0.717) is 32.0 Å². The molecule has 1 saturated heterocycles. The van der Waals surface area contributed by atoms with E-state index >= 15 is 0 Å². The number of ether oxygens (including phenoxy) is 1. The van der Waals surface area contributed by atoms with Crippen LogP contribution < -0.4 is 0 Å². The van der Waals surface area contributed by atoms with Gasteiger partial charge in [0.15, 0.2) is 9.84 Å². The Hall–Kier alpha value is -0.950. The van der Waals surface area contributed by atoms with E-state index in [-0.39, 0.29) is 41.7 Å². The van der Waals surface area contributed by atoms with Gasteiger partial charge in [0.1, 0.15) is 12.4 Å². The van der Waals surface area contributed by atoms with Crippen LogP contribution in [0.2, 0.25) is 0 Å². The van der Waals surface area contributed by atoms with Crippen LogP contribution in [0.1, 0.15) is 38.5 Å².